The van der Waals surface area contributed by atoms with Crippen LogP contribution in [0.2, 0.25) is 0 Å². The maximum absolute atomic E-state index is 6.17. The standard InChI is InChI=1S/C21H24N8/c22-16-18(14-8-3-1-4-9-14)26-28(20(16)24)12-7-13-29-21(25)17(23)19(27-29)15-10-5-2-6-11-15/h1-6,8-11H,7,12-13,22-25H2. The van der Waals surface area contributed by atoms with Gasteiger partial charge in [-0.05, 0) is 6.42 Å². The molecule has 8 heteroatoms. The summed E-state index contributed by atoms with van der Waals surface area (Å²) in [6.45, 7) is 1.17. The highest BCUT2D eigenvalue weighted by atomic mass is 15.3. The van der Waals surface area contributed by atoms with Crippen molar-refractivity contribution in [3.8, 4) is 22.5 Å². The number of aryl methyl sites for hydroxylation is 2. The normalized spacial score (nSPS) is 11.0. The highest BCUT2D eigenvalue weighted by molar-refractivity contribution is 5.81. The Kier molecular flexibility index (Phi) is 4.82. The summed E-state index contributed by atoms with van der Waals surface area (Å²) in [5, 5.41) is 9.17. The molecule has 0 aliphatic rings. The molecule has 0 saturated carbocycles. The Morgan fingerprint density at radius 1 is 0.586 bits per heavy atom. The fourth-order valence-electron chi connectivity index (χ4n) is 3.31. The number of nitrogens with two attached hydrogens (primary N) is 4. The average molecular weight is 388 g/mol. The quantitative estimate of drug-likeness (QED) is 0.400. The molecule has 0 radical (unpaired) electrons. The third-order valence-corrected chi connectivity index (χ3v) is 4.89. The van der Waals surface area contributed by atoms with Gasteiger partial charge in [-0.3, -0.25) is 0 Å². The van der Waals surface area contributed by atoms with E-state index in [1.54, 1.807) is 9.36 Å². The van der Waals surface area contributed by atoms with Crippen LogP contribution in [0.4, 0.5) is 23.0 Å². The fraction of sp³-hybridized carbons (Fsp3) is 0.143. The zero-order chi connectivity index (χ0) is 20.4. The predicted octanol–water partition coefficient (Wildman–Crippen LogP) is 2.83. The van der Waals surface area contributed by atoms with E-state index in [0.29, 0.717) is 47.5 Å². The summed E-state index contributed by atoms with van der Waals surface area (Å²) >= 11 is 0. The Labute approximate surface area is 168 Å². The van der Waals surface area contributed by atoms with Crippen molar-refractivity contribution >= 4 is 23.0 Å². The van der Waals surface area contributed by atoms with Gasteiger partial charge in [0.15, 0.2) is 0 Å². The van der Waals surface area contributed by atoms with Crippen LogP contribution in [-0.4, -0.2) is 19.6 Å². The molecule has 2 aromatic carbocycles. The molecule has 0 fully saturated rings. The molecule has 0 atom stereocenters. The van der Waals surface area contributed by atoms with Gasteiger partial charge in [-0.15, -0.1) is 0 Å². The van der Waals surface area contributed by atoms with E-state index in [1.807, 2.05) is 60.7 Å². The number of nitrogen functional groups attached to an aromatic ring is 4. The molecule has 0 aliphatic carbocycles. The van der Waals surface area contributed by atoms with Gasteiger partial charge in [0, 0.05) is 24.2 Å². The molecule has 148 valence electrons. The molecule has 0 saturated heterocycles. The summed E-state index contributed by atoms with van der Waals surface area (Å²) in [6.07, 6.45) is 0.721. The minimum Gasteiger partial charge on any atom is -0.394 e. The van der Waals surface area contributed by atoms with Crippen LogP contribution in [0.3, 0.4) is 0 Å². The van der Waals surface area contributed by atoms with Crippen molar-refractivity contribution in [2.24, 2.45) is 0 Å². The Balaban J connectivity index is 1.49. The van der Waals surface area contributed by atoms with Crippen molar-refractivity contribution in [2.75, 3.05) is 22.9 Å². The second-order valence-corrected chi connectivity index (χ2v) is 6.83. The molecule has 0 aliphatic heterocycles. The summed E-state index contributed by atoms with van der Waals surface area (Å²) in [5.74, 6) is 0.920. The van der Waals surface area contributed by atoms with Gasteiger partial charge in [-0.1, -0.05) is 60.7 Å². The zero-order valence-electron chi connectivity index (χ0n) is 16.0. The maximum atomic E-state index is 6.17. The van der Waals surface area contributed by atoms with E-state index < -0.39 is 0 Å². The van der Waals surface area contributed by atoms with Crippen LogP contribution in [0.5, 0.6) is 0 Å². The molecule has 0 unspecified atom stereocenters. The molecule has 0 amide bonds. The lowest BCUT2D eigenvalue weighted by Gasteiger charge is -2.06. The first-order valence-corrected chi connectivity index (χ1v) is 9.40. The van der Waals surface area contributed by atoms with Gasteiger partial charge in [0.1, 0.15) is 34.4 Å². The van der Waals surface area contributed by atoms with E-state index in [0.717, 1.165) is 17.5 Å². The number of aromatic nitrogens is 4. The highest BCUT2D eigenvalue weighted by Crippen LogP contribution is 2.31. The van der Waals surface area contributed by atoms with Crippen LogP contribution in [0.25, 0.3) is 22.5 Å². The summed E-state index contributed by atoms with van der Waals surface area (Å²) in [6, 6.07) is 19.5. The van der Waals surface area contributed by atoms with E-state index in [9.17, 15) is 0 Å². The van der Waals surface area contributed by atoms with Gasteiger partial charge < -0.3 is 22.9 Å². The first kappa shape index (κ1) is 18.4. The Hall–Kier alpha value is -3.94. The summed E-state index contributed by atoms with van der Waals surface area (Å²) < 4.78 is 3.44. The van der Waals surface area contributed by atoms with E-state index in [1.165, 1.54) is 0 Å². The van der Waals surface area contributed by atoms with Gasteiger partial charge in [0.25, 0.3) is 0 Å². The number of rotatable bonds is 6. The second-order valence-electron chi connectivity index (χ2n) is 6.83. The van der Waals surface area contributed by atoms with Crippen LogP contribution in [0.15, 0.2) is 60.7 Å². The molecule has 0 spiro atoms. The van der Waals surface area contributed by atoms with Crippen molar-refractivity contribution in [1.29, 1.82) is 0 Å². The van der Waals surface area contributed by atoms with Crippen molar-refractivity contribution in [2.45, 2.75) is 19.5 Å². The van der Waals surface area contributed by atoms with Crippen LogP contribution in [0, 0.1) is 0 Å². The van der Waals surface area contributed by atoms with Crippen molar-refractivity contribution in [1.82, 2.24) is 19.6 Å². The van der Waals surface area contributed by atoms with Gasteiger partial charge >= 0.3 is 0 Å². The maximum Gasteiger partial charge on any atom is 0.145 e. The van der Waals surface area contributed by atoms with Crippen LogP contribution in [0.1, 0.15) is 6.42 Å². The fourth-order valence-corrected chi connectivity index (χ4v) is 3.31. The monoisotopic (exact) mass is 388 g/mol. The van der Waals surface area contributed by atoms with E-state index >= 15 is 0 Å². The third kappa shape index (κ3) is 3.47. The van der Waals surface area contributed by atoms with Gasteiger partial charge in [-0.25, -0.2) is 9.36 Å². The lowest BCUT2D eigenvalue weighted by Crippen LogP contribution is -2.11. The minimum absolute atomic E-state index is 0.460. The number of anilines is 4. The van der Waals surface area contributed by atoms with Crippen molar-refractivity contribution in [3.63, 3.8) is 0 Å². The molecular formula is C21H24N8. The molecule has 2 heterocycles. The first-order valence-electron chi connectivity index (χ1n) is 9.40. The molecule has 8 N–H and O–H groups in total. The number of hydrogen-bond donors (Lipinski definition) is 4. The first-order chi connectivity index (χ1) is 14.1. The van der Waals surface area contributed by atoms with Crippen molar-refractivity contribution in [3.05, 3.63) is 60.7 Å². The van der Waals surface area contributed by atoms with Gasteiger partial charge in [0.05, 0.1) is 0 Å². The van der Waals surface area contributed by atoms with Gasteiger partial charge in [0.2, 0.25) is 0 Å². The topological polar surface area (TPSA) is 140 Å². The predicted molar refractivity (Wildman–Crippen MR) is 118 cm³/mol. The number of nitrogens with zero attached hydrogens (tertiary/aromatic N) is 4. The number of benzene rings is 2. The van der Waals surface area contributed by atoms with E-state index in [-0.39, 0.29) is 0 Å². The SMILES string of the molecule is Nc1c(-c2ccccc2)nn(CCCn2nc(-c3ccccc3)c(N)c2N)c1N. The molecule has 29 heavy (non-hydrogen) atoms. The second kappa shape index (κ2) is 7.59. The van der Waals surface area contributed by atoms with E-state index in [2.05, 4.69) is 10.2 Å². The van der Waals surface area contributed by atoms with Crippen molar-refractivity contribution < 1.29 is 0 Å². The van der Waals surface area contributed by atoms with Crippen LogP contribution in [-0.2, 0) is 13.1 Å². The molecule has 2 aromatic heterocycles. The molecule has 8 nitrogen and oxygen atoms in total. The smallest absolute Gasteiger partial charge is 0.145 e. The Morgan fingerprint density at radius 2 is 0.966 bits per heavy atom. The molecule has 4 rings (SSSR count). The summed E-state index contributed by atoms with van der Waals surface area (Å²) in [7, 11) is 0. The van der Waals surface area contributed by atoms with Crippen LogP contribution < -0.4 is 22.9 Å². The highest BCUT2D eigenvalue weighted by Gasteiger charge is 2.16. The minimum atomic E-state index is 0.460. The molecular weight excluding hydrogens is 364 g/mol. The molecule has 4 aromatic rings. The molecule has 0 bridgehead atoms. The number of hydrogen-bond acceptors (Lipinski definition) is 6. The van der Waals surface area contributed by atoms with E-state index in [4.69, 9.17) is 22.9 Å². The Bertz CT molecular complexity index is 1020. The summed E-state index contributed by atoms with van der Waals surface area (Å²) in [5.41, 5.74) is 28.9. The van der Waals surface area contributed by atoms with Crippen LogP contribution >= 0.6 is 0 Å². The largest absolute Gasteiger partial charge is 0.394 e. The average Bonchev–Trinajstić information content (AvgIpc) is 3.20. The lowest BCUT2D eigenvalue weighted by molar-refractivity contribution is 0.510. The summed E-state index contributed by atoms with van der Waals surface area (Å²) in [4.78, 5) is 0. The zero-order valence-corrected chi connectivity index (χ0v) is 16.0. The lowest BCUT2D eigenvalue weighted by atomic mass is 10.1. The third-order valence-electron chi connectivity index (χ3n) is 4.89. The Morgan fingerprint density at radius 3 is 1.34 bits per heavy atom. The van der Waals surface area contributed by atoms with Gasteiger partial charge in [-0.2, -0.15) is 10.2 Å².